The third kappa shape index (κ3) is 2.17. The summed E-state index contributed by atoms with van der Waals surface area (Å²) in [6, 6.07) is -0.685. The largest absolute Gasteiger partial charge is 0.351 e. The summed E-state index contributed by atoms with van der Waals surface area (Å²) < 4.78 is 0. The van der Waals surface area contributed by atoms with Crippen molar-refractivity contribution < 1.29 is 4.79 Å². The zero-order valence-electron chi connectivity index (χ0n) is 5.90. The first kappa shape index (κ1) is 7.39. The lowest BCUT2D eigenvalue weighted by Crippen LogP contribution is -2.21. The summed E-state index contributed by atoms with van der Waals surface area (Å²) >= 11 is 0. The molecule has 2 amide bonds. The van der Waals surface area contributed by atoms with Gasteiger partial charge in [0.15, 0.2) is 0 Å². The molecule has 0 aliphatic heterocycles. The first-order valence-corrected chi connectivity index (χ1v) is 2.90. The summed E-state index contributed by atoms with van der Waals surface area (Å²) in [5.74, 6) is 0.703. The highest BCUT2D eigenvalue weighted by atomic mass is 16.2. The van der Waals surface area contributed by atoms with E-state index in [0.29, 0.717) is 5.82 Å². The van der Waals surface area contributed by atoms with Crippen molar-refractivity contribution in [1.82, 2.24) is 15.0 Å². The Morgan fingerprint density at radius 2 is 2.36 bits per heavy atom. The smallest absolute Gasteiger partial charge is 0.319 e. The zero-order chi connectivity index (χ0) is 8.27. The number of nitrogens with two attached hydrogens (primary N) is 1. The molecule has 0 saturated heterocycles. The molecule has 6 nitrogen and oxygen atoms in total. The number of aromatic nitrogens is 3. The van der Waals surface area contributed by atoms with Gasteiger partial charge in [-0.15, -0.1) is 0 Å². The van der Waals surface area contributed by atoms with E-state index in [-0.39, 0.29) is 5.95 Å². The molecule has 11 heavy (non-hydrogen) atoms. The number of aryl methyl sites for hydroxylation is 1. The van der Waals surface area contributed by atoms with Gasteiger partial charge in [-0.1, -0.05) is 0 Å². The second-order valence-corrected chi connectivity index (χ2v) is 1.85. The van der Waals surface area contributed by atoms with Crippen molar-refractivity contribution in [1.29, 1.82) is 0 Å². The SMILES string of the molecule is Cc1ncnc(NC(N)=O)n1. The fraction of sp³-hybridized carbons (Fsp3) is 0.200. The van der Waals surface area contributed by atoms with Crippen molar-refractivity contribution in [3.8, 4) is 0 Å². The molecule has 0 saturated carbocycles. The number of anilines is 1. The molecule has 0 bridgehead atoms. The van der Waals surface area contributed by atoms with Gasteiger partial charge >= 0.3 is 6.03 Å². The van der Waals surface area contributed by atoms with Crippen LogP contribution >= 0.6 is 0 Å². The fourth-order valence-electron chi connectivity index (χ4n) is 0.549. The van der Waals surface area contributed by atoms with Gasteiger partial charge in [0.2, 0.25) is 5.95 Å². The third-order valence-corrected chi connectivity index (χ3v) is 0.927. The number of amides is 2. The minimum Gasteiger partial charge on any atom is -0.351 e. The van der Waals surface area contributed by atoms with Crippen LogP contribution in [0.5, 0.6) is 0 Å². The Labute approximate surface area is 62.9 Å². The van der Waals surface area contributed by atoms with E-state index in [1.54, 1.807) is 6.92 Å². The van der Waals surface area contributed by atoms with E-state index in [0.717, 1.165) is 0 Å². The Bertz CT molecular complexity index is 273. The van der Waals surface area contributed by atoms with Crippen LogP contribution in [0.15, 0.2) is 6.33 Å². The maximum atomic E-state index is 10.3. The van der Waals surface area contributed by atoms with Crippen molar-refractivity contribution in [3.05, 3.63) is 12.2 Å². The molecular formula is C5H7N5O. The predicted octanol–water partition coefficient (Wildman–Crippen LogP) is -0.329. The maximum Gasteiger partial charge on any atom is 0.319 e. The summed E-state index contributed by atoms with van der Waals surface area (Å²) in [5.41, 5.74) is 4.82. The molecule has 1 rings (SSSR count). The number of carbonyl (C=O) groups is 1. The van der Waals surface area contributed by atoms with Gasteiger partial charge in [-0.25, -0.2) is 14.8 Å². The van der Waals surface area contributed by atoms with Crippen LogP contribution in [0.3, 0.4) is 0 Å². The van der Waals surface area contributed by atoms with Gasteiger partial charge in [-0.2, -0.15) is 4.98 Å². The lowest BCUT2D eigenvalue weighted by molar-refractivity contribution is 0.259. The van der Waals surface area contributed by atoms with E-state index in [9.17, 15) is 4.79 Å². The molecule has 1 aromatic rings. The van der Waals surface area contributed by atoms with Crippen LogP contribution in [-0.2, 0) is 0 Å². The predicted molar refractivity (Wildman–Crippen MR) is 37.8 cm³/mol. The average molecular weight is 153 g/mol. The minimum absolute atomic E-state index is 0.171. The van der Waals surface area contributed by atoms with E-state index in [1.165, 1.54) is 6.33 Å². The van der Waals surface area contributed by atoms with Crippen molar-refractivity contribution in [2.45, 2.75) is 6.92 Å². The molecule has 0 radical (unpaired) electrons. The average Bonchev–Trinajstić information content (AvgIpc) is 1.85. The van der Waals surface area contributed by atoms with Crippen LogP contribution < -0.4 is 11.1 Å². The van der Waals surface area contributed by atoms with E-state index >= 15 is 0 Å². The number of hydrogen-bond donors (Lipinski definition) is 2. The van der Waals surface area contributed by atoms with Gasteiger partial charge in [0, 0.05) is 0 Å². The normalized spacial score (nSPS) is 9.18. The number of hydrogen-bond acceptors (Lipinski definition) is 4. The van der Waals surface area contributed by atoms with Crippen LogP contribution in [0.4, 0.5) is 10.7 Å². The van der Waals surface area contributed by atoms with Gasteiger partial charge in [-0.05, 0) is 6.92 Å². The molecule has 0 fully saturated rings. The first-order chi connectivity index (χ1) is 5.18. The fourth-order valence-corrected chi connectivity index (χ4v) is 0.549. The standard InChI is InChI=1S/C5H7N5O/c1-3-7-2-8-5(9-3)10-4(6)11/h2H,1H3,(H3,6,7,8,9,10,11). The molecule has 6 heteroatoms. The molecule has 0 unspecified atom stereocenters. The van der Waals surface area contributed by atoms with E-state index in [2.05, 4.69) is 20.3 Å². The van der Waals surface area contributed by atoms with Crippen LogP contribution in [0, 0.1) is 6.92 Å². The summed E-state index contributed by atoms with van der Waals surface area (Å²) in [4.78, 5) is 21.4. The van der Waals surface area contributed by atoms with Crippen LogP contribution in [-0.4, -0.2) is 21.0 Å². The monoisotopic (exact) mass is 153 g/mol. The Morgan fingerprint density at radius 3 is 2.91 bits per heavy atom. The summed E-state index contributed by atoms with van der Waals surface area (Å²) in [6.45, 7) is 1.69. The van der Waals surface area contributed by atoms with Crippen molar-refractivity contribution in [3.63, 3.8) is 0 Å². The van der Waals surface area contributed by atoms with E-state index in [1.807, 2.05) is 0 Å². The van der Waals surface area contributed by atoms with E-state index < -0.39 is 6.03 Å². The van der Waals surface area contributed by atoms with Crippen molar-refractivity contribution >= 4 is 12.0 Å². The summed E-state index contributed by atoms with van der Waals surface area (Å²) in [5, 5.41) is 2.22. The number of rotatable bonds is 1. The number of nitrogens with zero attached hydrogens (tertiary/aromatic N) is 3. The number of primary amides is 1. The minimum atomic E-state index is -0.685. The highest BCUT2D eigenvalue weighted by Gasteiger charge is 1.97. The number of nitrogens with one attached hydrogen (secondary N) is 1. The van der Waals surface area contributed by atoms with Crippen molar-refractivity contribution in [2.75, 3.05) is 5.32 Å². The van der Waals surface area contributed by atoms with Gasteiger partial charge < -0.3 is 5.73 Å². The number of urea groups is 1. The first-order valence-electron chi connectivity index (χ1n) is 2.90. The molecule has 1 aromatic heterocycles. The zero-order valence-corrected chi connectivity index (χ0v) is 5.90. The quantitative estimate of drug-likeness (QED) is 0.577. The Morgan fingerprint density at radius 1 is 1.64 bits per heavy atom. The lowest BCUT2D eigenvalue weighted by Gasteiger charge is -1.97. The van der Waals surface area contributed by atoms with Gasteiger partial charge in [0.25, 0.3) is 0 Å². The van der Waals surface area contributed by atoms with E-state index in [4.69, 9.17) is 5.73 Å². The molecule has 3 N–H and O–H groups in total. The number of carbonyl (C=O) groups excluding carboxylic acids is 1. The highest BCUT2D eigenvalue weighted by molar-refractivity contribution is 5.85. The molecule has 0 aromatic carbocycles. The van der Waals surface area contributed by atoms with Gasteiger partial charge in [0.05, 0.1) is 0 Å². The lowest BCUT2D eigenvalue weighted by atomic mass is 10.7. The molecular weight excluding hydrogens is 146 g/mol. The van der Waals surface area contributed by atoms with Crippen molar-refractivity contribution in [2.24, 2.45) is 5.73 Å². The molecule has 0 atom stereocenters. The third-order valence-electron chi connectivity index (χ3n) is 0.927. The maximum absolute atomic E-state index is 10.3. The van der Waals surface area contributed by atoms with Gasteiger partial charge in [-0.3, -0.25) is 5.32 Å². The Kier molecular flexibility index (Phi) is 1.95. The molecule has 58 valence electrons. The molecule has 0 spiro atoms. The Balaban J connectivity index is 2.79. The van der Waals surface area contributed by atoms with Crippen LogP contribution in [0.2, 0.25) is 0 Å². The topological polar surface area (TPSA) is 93.8 Å². The second-order valence-electron chi connectivity index (χ2n) is 1.85. The molecule has 0 aliphatic carbocycles. The highest BCUT2D eigenvalue weighted by Crippen LogP contribution is 1.93. The summed E-state index contributed by atoms with van der Waals surface area (Å²) in [7, 11) is 0. The second kappa shape index (κ2) is 2.91. The Hall–Kier alpha value is -1.72. The molecule has 0 aliphatic rings. The summed E-state index contributed by atoms with van der Waals surface area (Å²) in [6.07, 6.45) is 1.30. The van der Waals surface area contributed by atoms with Gasteiger partial charge in [0.1, 0.15) is 12.2 Å². The van der Waals surface area contributed by atoms with Crippen LogP contribution in [0.1, 0.15) is 5.82 Å². The van der Waals surface area contributed by atoms with Crippen LogP contribution in [0.25, 0.3) is 0 Å². The molecule has 1 heterocycles.